The predicted octanol–water partition coefficient (Wildman–Crippen LogP) is 1.65. The van der Waals surface area contributed by atoms with Gasteiger partial charge in [-0.15, -0.1) is 11.3 Å². The molecule has 7 nitrogen and oxygen atoms in total. The van der Waals surface area contributed by atoms with Crippen LogP contribution in [0.2, 0.25) is 0 Å². The van der Waals surface area contributed by atoms with Gasteiger partial charge in [0, 0.05) is 0 Å². The van der Waals surface area contributed by atoms with Crippen LogP contribution in [0.3, 0.4) is 0 Å². The molecule has 0 aliphatic rings. The van der Waals surface area contributed by atoms with Gasteiger partial charge in [0.25, 0.3) is 11.8 Å². The zero-order valence-electron chi connectivity index (χ0n) is 12.2. The molecule has 23 heavy (non-hydrogen) atoms. The lowest BCUT2D eigenvalue weighted by Gasteiger charge is -2.07. The van der Waals surface area contributed by atoms with Crippen molar-refractivity contribution in [2.75, 3.05) is 19.0 Å². The van der Waals surface area contributed by atoms with Gasteiger partial charge in [0.1, 0.15) is 10.8 Å². The Labute approximate surface area is 136 Å². The Balaban J connectivity index is 1.92. The molecule has 0 aliphatic heterocycles. The third kappa shape index (κ3) is 4.30. The highest BCUT2D eigenvalue weighted by Crippen LogP contribution is 2.22. The van der Waals surface area contributed by atoms with E-state index in [-0.39, 0.29) is 11.1 Å². The average Bonchev–Trinajstić information content (AvgIpc) is 3.01. The molecule has 0 unspecified atom stereocenters. The fraction of sp³-hybridized carbons (Fsp3) is 0.133. The number of anilines is 1. The molecule has 3 N–H and O–H groups in total. The SMILES string of the molecule is COc1cccc(C(=O)OCC(=O)Nc2sccc2C(N)=O)c1. The monoisotopic (exact) mass is 334 g/mol. The number of carbonyl (C=O) groups excluding carboxylic acids is 3. The minimum absolute atomic E-state index is 0.211. The Morgan fingerprint density at radius 1 is 1.26 bits per heavy atom. The van der Waals surface area contributed by atoms with Gasteiger partial charge in [0.05, 0.1) is 18.2 Å². The topological polar surface area (TPSA) is 108 Å². The summed E-state index contributed by atoms with van der Waals surface area (Å²) in [4.78, 5) is 34.8. The zero-order valence-corrected chi connectivity index (χ0v) is 13.0. The molecule has 1 aromatic carbocycles. The third-order valence-electron chi connectivity index (χ3n) is 2.82. The van der Waals surface area contributed by atoms with Gasteiger partial charge in [-0.25, -0.2) is 4.79 Å². The first kappa shape index (κ1) is 16.5. The van der Waals surface area contributed by atoms with Gasteiger partial charge in [-0.1, -0.05) is 6.07 Å². The van der Waals surface area contributed by atoms with Gasteiger partial charge in [0.15, 0.2) is 6.61 Å². The van der Waals surface area contributed by atoms with E-state index >= 15 is 0 Å². The summed E-state index contributed by atoms with van der Waals surface area (Å²) in [5.41, 5.74) is 5.66. The van der Waals surface area contributed by atoms with Gasteiger partial charge >= 0.3 is 5.97 Å². The highest BCUT2D eigenvalue weighted by molar-refractivity contribution is 7.14. The number of hydrogen-bond donors (Lipinski definition) is 2. The van der Waals surface area contributed by atoms with Gasteiger partial charge in [-0.05, 0) is 29.6 Å². The number of carbonyl (C=O) groups is 3. The van der Waals surface area contributed by atoms with Crippen LogP contribution < -0.4 is 15.8 Å². The molecule has 2 aromatic rings. The maximum Gasteiger partial charge on any atom is 0.338 e. The lowest BCUT2D eigenvalue weighted by Crippen LogP contribution is -2.22. The second-order valence-electron chi connectivity index (χ2n) is 4.38. The summed E-state index contributed by atoms with van der Waals surface area (Å²) in [6, 6.07) is 7.88. The fourth-order valence-electron chi connectivity index (χ4n) is 1.73. The Hall–Kier alpha value is -2.87. The number of benzene rings is 1. The van der Waals surface area contributed by atoms with Crippen LogP contribution in [0.5, 0.6) is 5.75 Å². The first-order valence-corrected chi connectivity index (χ1v) is 7.37. The van der Waals surface area contributed by atoms with Crippen molar-refractivity contribution in [2.45, 2.75) is 0 Å². The summed E-state index contributed by atoms with van der Waals surface area (Å²) in [5.74, 6) is -1.35. The number of methoxy groups -OCH3 is 1. The van der Waals surface area contributed by atoms with Crippen LogP contribution in [-0.2, 0) is 9.53 Å². The summed E-state index contributed by atoms with van der Waals surface area (Å²) in [6.45, 7) is -0.480. The molecule has 0 fully saturated rings. The van der Waals surface area contributed by atoms with Crippen molar-refractivity contribution < 1.29 is 23.9 Å². The third-order valence-corrected chi connectivity index (χ3v) is 3.65. The number of amides is 2. The lowest BCUT2D eigenvalue weighted by atomic mass is 10.2. The van der Waals surface area contributed by atoms with Crippen molar-refractivity contribution in [1.29, 1.82) is 0 Å². The standard InChI is InChI=1S/C15H14N2O5S/c1-21-10-4-2-3-9(7-10)15(20)22-8-12(18)17-14-11(13(16)19)5-6-23-14/h2-7H,8H2,1H3,(H2,16,19)(H,17,18). The highest BCUT2D eigenvalue weighted by atomic mass is 32.1. The number of hydrogen-bond acceptors (Lipinski definition) is 6. The fourth-order valence-corrected chi connectivity index (χ4v) is 2.54. The number of nitrogens with two attached hydrogens (primary N) is 1. The molecule has 0 spiro atoms. The van der Waals surface area contributed by atoms with E-state index in [4.69, 9.17) is 15.2 Å². The molecule has 0 atom stereocenters. The molecule has 0 aliphatic carbocycles. The molecule has 120 valence electrons. The number of ether oxygens (including phenoxy) is 2. The lowest BCUT2D eigenvalue weighted by molar-refractivity contribution is -0.119. The molecular weight excluding hydrogens is 320 g/mol. The molecule has 0 saturated carbocycles. The Bertz CT molecular complexity index is 741. The van der Waals surface area contributed by atoms with Crippen LogP contribution in [0.25, 0.3) is 0 Å². The van der Waals surface area contributed by atoms with E-state index in [1.807, 2.05) is 0 Å². The predicted molar refractivity (Wildman–Crippen MR) is 84.7 cm³/mol. The molecule has 2 amide bonds. The number of esters is 1. The minimum Gasteiger partial charge on any atom is -0.497 e. The Morgan fingerprint density at radius 3 is 2.74 bits per heavy atom. The molecule has 2 rings (SSSR count). The number of rotatable bonds is 6. The van der Waals surface area contributed by atoms with E-state index in [0.717, 1.165) is 11.3 Å². The van der Waals surface area contributed by atoms with Crippen molar-refractivity contribution >= 4 is 34.1 Å². The van der Waals surface area contributed by atoms with E-state index in [1.165, 1.54) is 19.2 Å². The first-order valence-electron chi connectivity index (χ1n) is 6.49. The molecule has 1 aromatic heterocycles. The molecule has 0 bridgehead atoms. The van der Waals surface area contributed by atoms with Crippen LogP contribution >= 0.6 is 11.3 Å². The minimum atomic E-state index is -0.652. The average molecular weight is 334 g/mol. The van der Waals surface area contributed by atoms with Crippen LogP contribution in [0, 0.1) is 0 Å². The largest absolute Gasteiger partial charge is 0.497 e. The van der Waals surface area contributed by atoms with Crippen LogP contribution in [0.1, 0.15) is 20.7 Å². The first-order chi connectivity index (χ1) is 11.0. The van der Waals surface area contributed by atoms with E-state index in [0.29, 0.717) is 10.8 Å². The number of thiophene rings is 1. The highest BCUT2D eigenvalue weighted by Gasteiger charge is 2.15. The summed E-state index contributed by atoms with van der Waals surface area (Å²) in [5, 5.41) is 4.42. The Kier molecular flexibility index (Phi) is 5.32. The van der Waals surface area contributed by atoms with Gasteiger partial charge < -0.3 is 20.5 Å². The van der Waals surface area contributed by atoms with Crippen LogP contribution in [0.4, 0.5) is 5.00 Å². The maximum absolute atomic E-state index is 11.9. The van der Waals surface area contributed by atoms with Crippen LogP contribution in [0.15, 0.2) is 35.7 Å². The van der Waals surface area contributed by atoms with Gasteiger partial charge in [0.2, 0.25) is 0 Å². The van der Waals surface area contributed by atoms with Gasteiger partial charge in [-0.2, -0.15) is 0 Å². The second-order valence-corrected chi connectivity index (χ2v) is 5.30. The molecule has 8 heteroatoms. The number of primary amides is 1. The summed E-state index contributed by atoms with van der Waals surface area (Å²) in [6.07, 6.45) is 0. The normalized spacial score (nSPS) is 9.96. The molecule has 1 heterocycles. The van der Waals surface area contributed by atoms with Gasteiger partial charge in [-0.3, -0.25) is 9.59 Å². The summed E-state index contributed by atoms with van der Waals surface area (Å²) >= 11 is 1.15. The van der Waals surface area contributed by atoms with Crippen molar-refractivity contribution in [2.24, 2.45) is 5.73 Å². The summed E-state index contributed by atoms with van der Waals surface area (Å²) < 4.78 is 9.93. The number of nitrogens with one attached hydrogen (secondary N) is 1. The molecule has 0 radical (unpaired) electrons. The van der Waals surface area contributed by atoms with Crippen molar-refractivity contribution in [3.05, 3.63) is 46.8 Å². The van der Waals surface area contributed by atoms with E-state index in [1.54, 1.807) is 23.6 Å². The van der Waals surface area contributed by atoms with E-state index in [2.05, 4.69) is 5.32 Å². The Morgan fingerprint density at radius 2 is 2.04 bits per heavy atom. The smallest absolute Gasteiger partial charge is 0.338 e. The zero-order chi connectivity index (χ0) is 16.8. The van der Waals surface area contributed by atoms with Crippen molar-refractivity contribution in [3.8, 4) is 5.75 Å². The van der Waals surface area contributed by atoms with Crippen molar-refractivity contribution in [3.63, 3.8) is 0 Å². The van der Waals surface area contributed by atoms with E-state index < -0.39 is 24.4 Å². The maximum atomic E-state index is 11.9. The van der Waals surface area contributed by atoms with E-state index in [9.17, 15) is 14.4 Å². The van der Waals surface area contributed by atoms with Crippen molar-refractivity contribution in [1.82, 2.24) is 0 Å². The van der Waals surface area contributed by atoms with Crippen LogP contribution in [-0.4, -0.2) is 31.5 Å². The quantitative estimate of drug-likeness (QED) is 0.781. The summed E-state index contributed by atoms with van der Waals surface area (Å²) in [7, 11) is 1.48. The molecule has 0 saturated heterocycles. The second kappa shape index (κ2) is 7.41. The molecular formula is C15H14N2O5S.